The standard InChI is InChI=1S/C18H18ClN5OS3/c1-11-2-3-12(8-13(11)19)22-14(25)9-27-17-15-16(20-10-21-17)23-18(28-15)24-4-6-26-7-5-24/h2-3,8,10H,4-7,9H2,1H3,(H,22,25). The zero-order valence-corrected chi connectivity index (χ0v) is 18.4. The van der Waals surface area contributed by atoms with Gasteiger partial charge >= 0.3 is 0 Å². The second-order valence-electron chi connectivity index (χ2n) is 6.23. The second kappa shape index (κ2) is 8.86. The molecule has 2 aromatic heterocycles. The first-order valence-electron chi connectivity index (χ1n) is 8.73. The lowest BCUT2D eigenvalue weighted by molar-refractivity contribution is -0.113. The Labute approximate surface area is 180 Å². The summed E-state index contributed by atoms with van der Waals surface area (Å²) < 4.78 is 0.937. The molecule has 0 bridgehead atoms. The van der Waals surface area contributed by atoms with E-state index in [-0.39, 0.29) is 11.7 Å². The van der Waals surface area contributed by atoms with Crippen LogP contribution in [0.4, 0.5) is 10.8 Å². The fourth-order valence-electron chi connectivity index (χ4n) is 2.72. The van der Waals surface area contributed by atoms with Crippen LogP contribution >= 0.6 is 46.5 Å². The minimum atomic E-state index is -0.102. The predicted octanol–water partition coefficient (Wildman–Crippen LogP) is 4.33. The molecule has 28 heavy (non-hydrogen) atoms. The number of aryl methyl sites for hydroxylation is 1. The van der Waals surface area contributed by atoms with Crippen molar-refractivity contribution in [3.63, 3.8) is 0 Å². The molecular formula is C18H18ClN5OS3. The molecule has 3 heterocycles. The van der Waals surface area contributed by atoms with Crippen molar-refractivity contribution in [2.45, 2.75) is 11.9 Å². The fraction of sp³-hybridized carbons (Fsp3) is 0.333. The molecule has 0 saturated carbocycles. The fourth-order valence-corrected chi connectivity index (χ4v) is 5.74. The van der Waals surface area contributed by atoms with Crippen LogP contribution in [0.3, 0.4) is 0 Å². The normalized spacial score (nSPS) is 14.4. The van der Waals surface area contributed by atoms with Crippen molar-refractivity contribution < 1.29 is 4.79 Å². The van der Waals surface area contributed by atoms with E-state index in [1.54, 1.807) is 17.4 Å². The summed E-state index contributed by atoms with van der Waals surface area (Å²) in [7, 11) is 0. The van der Waals surface area contributed by atoms with E-state index in [2.05, 4.69) is 25.2 Å². The number of nitrogens with one attached hydrogen (secondary N) is 1. The molecule has 6 nitrogen and oxygen atoms in total. The lowest BCUT2D eigenvalue weighted by atomic mass is 10.2. The molecule has 0 unspecified atom stereocenters. The number of thioether (sulfide) groups is 2. The maximum absolute atomic E-state index is 12.3. The van der Waals surface area contributed by atoms with Gasteiger partial charge in [-0.05, 0) is 24.6 Å². The smallest absolute Gasteiger partial charge is 0.234 e. The van der Waals surface area contributed by atoms with Crippen molar-refractivity contribution in [1.29, 1.82) is 0 Å². The van der Waals surface area contributed by atoms with Crippen LogP contribution in [0.1, 0.15) is 5.56 Å². The molecule has 1 fully saturated rings. The molecule has 10 heteroatoms. The van der Waals surface area contributed by atoms with E-state index in [9.17, 15) is 4.79 Å². The molecule has 1 N–H and O–H groups in total. The van der Waals surface area contributed by atoms with Crippen molar-refractivity contribution in [3.8, 4) is 0 Å². The summed E-state index contributed by atoms with van der Waals surface area (Å²) in [4.78, 5) is 28.0. The molecule has 1 aliphatic heterocycles. The van der Waals surface area contributed by atoms with Crippen molar-refractivity contribution in [2.24, 2.45) is 0 Å². The van der Waals surface area contributed by atoms with Crippen LogP contribution in [0.25, 0.3) is 10.3 Å². The number of amides is 1. The van der Waals surface area contributed by atoms with Crippen LogP contribution in [0.2, 0.25) is 5.02 Å². The quantitative estimate of drug-likeness (QED) is 0.457. The summed E-state index contributed by atoms with van der Waals surface area (Å²) in [6.07, 6.45) is 1.51. The van der Waals surface area contributed by atoms with E-state index >= 15 is 0 Å². The van der Waals surface area contributed by atoms with E-state index in [1.807, 2.05) is 30.8 Å². The van der Waals surface area contributed by atoms with Gasteiger partial charge in [-0.1, -0.05) is 40.8 Å². The Balaban J connectivity index is 1.44. The number of hydrogen-bond donors (Lipinski definition) is 1. The maximum Gasteiger partial charge on any atom is 0.234 e. The summed E-state index contributed by atoms with van der Waals surface area (Å²) >= 11 is 11.1. The maximum atomic E-state index is 12.3. The topological polar surface area (TPSA) is 71.0 Å². The number of carbonyl (C=O) groups is 1. The Hall–Kier alpha value is -1.55. The highest BCUT2D eigenvalue weighted by atomic mass is 35.5. The molecular weight excluding hydrogens is 434 g/mol. The highest BCUT2D eigenvalue weighted by Crippen LogP contribution is 2.34. The first-order chi connectivity index (χ1) is 13.6. The van der Waals surface area contributed by atoms with E-state index in [0.29, 0.717) is 16.4 Å². The number of aromatic nitrogens is 3. The van der Waals surface area contributed by atoms with Crippen LogP contribution in [-0.2, 0) is 4.79 Å². The average Bonchev–Trinajstić information content (AvgIpc) is 3.15. The van der Waals surface area contributed by atoms with Crippen LogP contribution in [0, 0.1) is 6.92 Å². The van der Waals surface area contributed by atoms with Crippen LogP contribution in [0.15, 0.2) is 29.6 Å². The number of nitrogens with zero attached hydrogens (tertiary/aromatic N) is 4. The number of hydrogen-bond acceptors (Lipinski definition) is 8. The predicted molar refractivity (Wildman–Crippen MR) is 120 cm³/mol. The first kappa shape index (κ1) is 19.8. The summed E-state index contributed by atoms with van der Waals surface area (Å²) in [5, 5.41) is 5.28. The summed E-state index contributed by atoms with van der Waals surface area (Å²) in [5.74, 6) is 2.39. The number of benzene rings is 1. The molecule has 1 aromatic carbocycles. The van der Waals surface area contributed by atoms with E-state index in [4.69, 9.17) is 11.6 Å². The van der Waals surface area contributed by atoms with Gasteiger partial charge in [0.25, 0.3) is 0 Å². The molecule has 0 radical (unpaired) electrons. The monoisotopic (exact) mass is 451 g/mol. The van der Waals surface area contributed by atoms with Crippen LogP contribution in [-0.4, -0.2) is 51.2 Å². The number of anilines is 2. The van der Waals surface area contributed by atoms with Crippen LogP contribution < -0.4 is 10.2 Å². The van der Waals surface area contributed by atoms with E-state index in [0.717, 1.165) is 45.0 Å². The van der Waals surface area contributed by atoms with Gasteiger partial charge in [0.05, 0.1) is 5.75 Å². The summed E-state index contributed by atoms with van der Waals surface area (Å²) in [6.45, 7) is 3.93. The second-order valence-corrected chi connectivity index (χ2v) is 9.80. The molecule has 1 saturated heterocycles. The largest absolute Gasteiger partial charge is 0.346 e. The first-order valence-corrected chi connectivity index (χ1v) is 12.1. The highest BCUT2D eigenvalue weighted by molar-refractivity contribution is 8.00. The lowest BCUT2D eigenvalue weighted by Gasteiger charge is -2.25. The molecule has 3 aromatic rings. The van der Waals surface area contributed by atoms with Gasteiger partial charge in [-0.2, -0.15) is 16.7 Å². The van der Waals surface area contributed by atoms with Gasteiger partial charge in [0, 0.05) is 35.3 Å². The zero-order chi connectivity index (χ0) is 19.5. The molecule has 0 atom stereocenters. The van der Waals surface area contributed by atoms with E-state index < -0.39 is 0 Å². The zero-order valence-electron chi connectivity index (χ0n) is 15.1. The highest BCUT2D eigenvalue weighted by Gasteiger charge is 2.18. The van der Waals surface area contributed by atoms with Gasteiger partial charge in [0.1, 0.15) is 16.1 Å². The summed E-state index contributed by atoms with van der Waals surface area (Å²) in [5.41, 5.74) is 2.37. The molecule has 0 aliphatic carbocycles. The van der Waals surface area contributed by atoms with Gasteiger partial charge in [0.2, 0.25) is 5.91 Å². The molecule has 4 rings (SSSR count). The number of thiazole rings is 1. The Kier molecular flexibility index (Phi) is 6.25. The van der Waals surface area contributed by atoms with Crippen molar-refractivity contribution in [1.82, 2.24) is 15.0 Å². The number of halogens is 1. The lowest BCUT2D eigenvalue weighted by Crippen LogP contribution is -2.32. The van der Waals surface area contributed by atoms with Gasteiger partial charge < -0.3 is 10.2 Å². The number of carbonyl (C=O) groups excluding carboxylic acids is 1. The van der Waals surface area contributed by atoms with Gasteiger partial charge in [0.15, 0.2) is 10.8 Å². The molecule has 1 amide bonds. The molecule has 146 valence electrons. The van der Waals surface area contributed by atoms with Crippen molar-refractivity contribution in [2.75, 3.05) is 40.6 Å². The van der Waals surface area contributed by atoms with Gasteiger partial charge in [-0.15, -0.1) is 0 Å². The minimum Gasteiger partial charge on any atom is -0.346 e. The third-order valence-electron chi connectivity index (χ3n) is 4.22. The molecule has 0 spiro atoms. The minimum absolute atomic E-state index is 0.102. The Bertz CT molecular complexity index is 1010. The average molecular weight is 452 g/mol. The SMILES string of the molecule is Cc1ccc(NC(=O)CSc2ncnc3nc(N4CCSCC4)sc23)cc1Cl. The van der Waals surface area contributed by atoms with E-state index in [1.165, 1.54) is 18.1 Å². The van der Waals surface area contributed by atoms with Crippen molar-refractivity contribution in [3.05, 3.63) is 35.1 Å². The number of fused-ring (bicyclic) bond motifs is 1. The third kappa shape index (κ3) is 4.53. The Morgan fingerprint density at radius 3 is 2.93 bits per heavy atom. The summed E-state index contributed by atoms with van der Waals surface area (Å²) in [6, 6.07) is 5.49. The third-order valence-corrected chi connectivity index (χ3v) is 7.80. The van der Waals surface area contributed by atoms with Crippen molar-refractivity contribution >= 4 is 73.5 Å². The Morgan fingerprint density at radius 2 is 2.14 bits per heavy atom. The van der Waals surface area contributed by atoms with Gasteiger partial charge in [-0.3, -0.25) is 4.79 Å². The number of rotatable bonds is 5. The van der Waals surface area contributed by atoms with Crippen LogP contribution in [0.5, 0.6) is 0 Å². The molecule has 1 aliphatic rings. The Morgan fingerprint density at radius 1 is 1.32 bits per heavy atom. The van der Waals surface area contributed by atoms with Gasteiger partial charge in [-0.25, -0.2) is 9.97 Å².